The third-order valence-corrected chi connectivity index (χ3v) is 2.81. The van der Waals surface area contributed by atoms with Gasteiger partial charge in [-0.05, 0) is 34.5 Å². The van der Waals surface area contributed by atoms with E-state index in [1.807, 2.05) is 6.92 Å². The minimum atomic E-state index is -1.01. The lowest BCUT2D eigenvalue weighted by atomic mass is 10.1. The molecule has 2 N–H and O–H groups in total. The van der Waals surface area contributed by atoms with Crippen molar-refractivity contribution in [3.8, 4) is 0 Å². The van der Waals surface area contributed by atoms with Crippen molar-refractivity contribution in [2.24, 2.45) is 0 Å². The predicted molar refractivity (Wildman–Crippen MR) is 70.1 cm³/mol. The van der Waals surface area contributed by atoms with Crippen LogP contribution in [0.1, 0.15) is 25.5 Å². The molecule has 0 aliphatic heterocycles. The van der Waals surface area contributed by atoms with Crippen molar-refractivity contribution in [2.45, 2.75) is 32.2 Å². The minimum Gasteiger partial charge on any atom is -0.480 e. The number of rotatable bonds is 6. The number of halogens is 1. The third kappa shape index (κ3) is 4.83. The molecule has 0 saturated heterocycles. The molecule has 0 aromatic carbocycles. The molecule has 1 unspecified atom stereocenters. The van der Waals surface area contributed by atoms with Crippen molar-refractivity contribution in [1.29, 1.82) is 0 Å². The Morgan fingerprint density at radius 1 is 1.50 bits per heavy atom. The Morgan fingerprint density at radius 2 is 2.22 bits per heavy atom. The number of nitrogens with one attached hydrogen (secondary N) is 1. The first-order chi connectivity index (χ1) is 8.52. The van der Waals surface area contributed by atoms with Crippen LogP contribution in [0.4, 0.5) is 0 Å². The molecule has 98 valence electrons. The number of carboxylic acids is 1. The molecule has 0 fully saturated rings. The standard InChI is InChI=1S/C12H15BrN2O3/c1-2-3-10(12(17)18)15-11(16)6-9-5-4-8(13)7-14-9/h4-5,7,10H,2-3,6H2,1H3,(H,15,16)(H,17,18). The van der Waals surface area contributed by atoms with Gasteiger partial charge >= 0.3 is 5.97 Å². The molecule has 1 atom stereocenters. The van der Waals surface area contributed by atoms with Crippen LogP contribution in [0, 0.1) is 0 Å². The molecule has 0 bridgehead atoms. The van der Waals surface area contributed by atoms with Crippen molar-refractivity contribution >= 4 is 27.8 Å². The zero-order chi connectivity index (χ0) is 13.5. The molecular weight excluding hydrogens is 300 g/mol. The molecule has 0 aliphatic rings. The van der Waals surface area contributed by atoms with E-state index in [2.05, 4.69) is 26.2 Å². The average molecular weight is 315 g/mol. The predicted octanol–water partition coefficient (Wildman–Crippen LogP) is 1.76. The first kappa shape index (κ1) is 14.6. The van der Waals surface area contributed by atoms with Crippen LogP contribution in [0.25, 0.3) is 0 Å². The van der Waals surface area contributed by atoms with Crippen molar-refractivity contribution in [3.05, 3.63) is 28.5 Å². The molecule has 1 aromatic rings. The lowest BCUT2D eigenvalue weighted by molar-refractivity contribution is -0.141. The first-order valence-electron chi connectivity index (χ1n) is 5.65. The molecule has 1 amide bonds. The summed E-state index contributed by atoms with van der Waals surface area (Å²) in [6, 6.07) is 2.69. The summed E-state index contributed by atoms with van der Waals surface area (Å²) >= 11 is 3.25. The number of hydrogen-bond donors (Lipinski definition) is 2. The van der Waals surface area contributed by atoms with Gasteiger partial charge in [-0.2, -0.15) is 0 Å². The lowest BCUT2D eigenvalue weighted by Crippen LogP contribution is -2.41. The molecule has 0 radical (unpaired) electrons. The molecule has 0 aliphatic carbocycles. The van der Waals surface area contributed by atoms with Gasteiger partial charge in [0.15, 0.2) is 0 Å². The van der Waals surface area contributed by atoms with Crippen LogP contribution < -0.4 is 5.32 Å². The largest absolute Gasteiger partial charge is 0.480 e. The lowest BCUT2D eigenvalue weighted by Gasteiger charge is -2.13. The topological polar surface area (TPSA) is 79.3 Å². The van der Waals surface area contributed by atoms with Crippen molar-refractivity contribution in [2.75, 3.05) is 0 Å². The summed E-state index contributed by atoms with van der Waals surface area (Å²) in [5.41, 5.74) is 0.608. The number of pyridine rings is 1. The van der Waals surface area contributed by atoms with Crippen LogP contribution in [0.2, 0.25) is 0 Å². The van der Waals surface area contributed by atoms with Crippen LogP contribution in [-0.4, -0.2) is 28.0 Å². The fourth-order valence-electron chi connectivity index (χ4n) is 1.47. The SMILES string of the molecule is CCCC(NC(=O)Cc1ccc(Br)cn1)C(=O)O. The molecule has 1 rings (SSSR count). The van der Waals surface area contributed by atoms with Crippen molar-refractivity contribution in [1.82, 2.24) is 10.3 Å². The van der Waals surface area contributed by atoms with E-state index >= 15 is 0 Å². The van der Waals surface area contributed by atoms with Gasteiger partial charge in [0.1, 0.15) is 6.04 Å². The van der Waals surface area contributed by atoms with Crippen LogP contribution in [0.5, 0.6) is 0 Å². The normalized spacial score (nSPS) is 11.9. The molecule has 6 heteroatoms. The maximum atomic E-state index is 11.7. The Bertz CT molecular complexity index is 420. The van der Waals surface area contributed by atoms with Crippen molar-refractivity contribution in [3.63, 3.8) is 0 Å². The fourth-order valence-corrected chi connectivity index (χ4v) is 1.70. The Balaban J connectivity index is 2.54. The van der Waals surface area contributed by atoms with Crippen LogP contribution in [0.3, 0.4) is 0 Å². The van der Waals surface area contributed by atoms with Gasteiger partial charge in [-0.1, -0.05) is 13.3 Å². The smallest absolute Gasteiger partial charge is 0.326 e. The van der Waals surface area contributed by atoms with Gasteiger partial charge in [-0.25, -0.2) is 4.79 Å². The van der Waals surface area contributed by atoms with E-state index in [4.69, 9.17) is 5.11 Å². The van der Waals surface area contributed by atoms with E-state index in [1.165, 1.54) is 0 Å². The van der Waals surface area contributed by atoms with Gasteiger partial charge in [-0.15, -0.1) is 0 Å². The quantitative estimate of drug-likeness (QED) is 0.838. The Morgan fingerprint density at radius 3 is 2.72 bits per heavy atom. The number of hydrogen-bond acceptors (Lipinski definition) is 3. The summed E-state index contributed by atoms with van der Waals surface area (Å²) in [5.74, 6) is -1.33. The summed E-state index contributed by atoms with van der Waals surface area (Å²) in [7, 11) is 0. The summed E-state index contributed by atoms with van der Waals surface area (Å²) in [6.45, 7) is 1.87. The zero-order valence-electron chi connectivity index (χ0n) is 10.0. The Hall–Kier alpha value is -1.43. The van der Waals surface area contributed by atoms with Gasteiger partial charge in [0.05, 0.1) is 6.42 Å². The highest BCUT2D eigenvalue weighted by molar-refractivity contribution is 9.10. The number of amides is 1. The Labute approximate surface area is 114 Å². The second-order valence-electron chi connectivity index (χ2n) is 3.89. The van der Waals surface area contributed by atoms with E-state index in [-0.39, 0.29) is 12.3 Å². The summed E-state index contributed by atoms with van der Waals surface area (Å²) < 4.78 is 0.834. The number of aliphatic carboxylic acids is 1. The highest BCUT2D eigenvalue weighted by Gasteiger charge is 2.18. The summed E-state index contributed by atoms with van der Waals surface area (Å²) in [4.78, 5) is 26.6. The molecule has 1 heterocycles. The molecule has 5 nitrogen and oxygen atoms in total. The summed E-state index contributed by atoms with van der Waals surface area (Å²) in [6.07, 6.45) is 2.81. The van der Waals surface area contributed by atoms with Gasteiger partial charge in [0, 0.05) is 16.4 Å². The average Bonchev–Trinajstić information content (AvgIpc) is 2.31. The van der Waals surface area contributed by atoms with Crippen LogP contribution in [-0.2, 0) is 16.0 Å². The number of carboxylic acid groups (broad SMARTS) is 1. The molecular formula is C12H15BrN2O3. The van der Waals surface area contributed by atoms with E-state index in [1.54, 1.807) is 18.3 Å². The van der Waals surface area contributed by atoms with Gasteiger partial charge in [0.25, 0.3) is 0 Å². The van der Waals surface area contributed by atoms with Gasteiger partial charge in [0.2, 0.25) is 5.91 Å². The van der Waals surface area contributed by atoms with E-state index in [9.17, 15) is 9.59 Å². The summed E-state index contributed by atoms with van der Waals surface area (Å²) in [5, 5.41) is 11.4. The number of aromatic nitrogens is 1. The second-order valence-corrected chi connectivity index (χ2v) is 4.81. The maximum Gasteiger partial charge on any atom is 0.326 e. The number of nitrogens with zero attached hydrogens (tertiary/aromatic N) is 1. The van der Waals surface area contributed by atoms with E-state index < -0.39 is 12.0 Å². The molecule has 18 heavy (non-hydrogen) atoms. The van der Waals surface area contributed by atoms with Gasteiger partial charge < -0.3 is 10.4 Å². The van der Waals surface area contributed by atoms with Crippen LogP contribution >= 0.6 is 15.9 Å². The molecule has 0 spiro atoms. The first-order valence-corrected chi connectivity index (χ1v) is 6.44. The highest BCUT2D eigenvalue weighted by Crippen LogP contribution is 2.08. The number of carbonyl (C=O) groups is 2. The zero-order valence-corrected chi connectivity index (χ0v) is 11.6. The minimum absolute atomic E-state index is 0.0841. The number of carbonyl (C=O) groups excluding carboxylic acids is 1. The molecule has 1 aromatic heterocycles. The third-order valence-electron chi connectivity index (χ3n) is 2.34. The second kappa shape index (κ2) is 7.10. The fraction of sp³-hybridized carbons (Fsp3) is 0.417. The molecule has 0 saturated carbocycles. The maximum absolute atomic E-state index is 11.7. The monoisotopic (exact) mass is 314 g/mol. The van der Waals surface area contributed by atoms with Gasteiger partial charge in [-0.3, -0.25) is 9.78 Å². The highest BCUT2D eigenvalue weighted by atomic mass is 79.9. The van der Waals surface area contributed by atoms with Crippen LogP contribution in [0.15, 0.2) is 22.8 Å². The van der Waals surface area contributed by atoms with E-state index in [0.717, 1.165) is 4.47 Å². The Kier molecular flexibility index (Phi) is 5.77. The van der Waals surface area contributed by atoms with Crippen molar-refractivity contribution < 1.29 is 14.7 Å². The van der Waals surface area contributed by atoms with E-state index in [0.29, 0.717) is 18.5 Å².